The van der Waals surface area contributed by atoms with Crippen molar-refractivity contribution in [2.45, 2.75) is 12.7 Å². The van der Waals surface area contributed by atoms with Crippen LogP contribution in [0.25, 0.3) is 0 Å². The number of halogens is 1. The number of esters is 1. The lowest BCUT2D eigenvalue weighted by atomic mass is 10.2. The molecule has 0 spiro atoms. The molecule has 0 aliphatic rings. The third kappa shape index (κ3) is 4.58. The van der Waals surface area contributed by atoms with Crippen LogP contribution in [0.5, 0.6) is 0 Å². The summed E-state index contributed by atoms with van der Waals surface area (Å²) in [5.74, 6) is 0.937. The summed E-state index contributed by atoms with van der Waals surface area (Å²) in [6.45, 7) is 2.24. The number of rotatable bonds is 5. The second kappa shape index (κ2) is 6.75. The third-order valence-electron chi connectivity index (χ3n) is 1.74. The van der Waals surface area contributed by atoms with E-state index in [1.165, 1.54) is 11.8 Å². The van der Waals surface area contributed by atoms with Gasteiger partial charge in [0, 0.05) is 10.8 Å². The molecule has 0 unspecified atom stereocenters. The molecule has 0 radical (unpaired) electrons. The van der Waals surface area contributed by atoms with Crippen molar-refractivity contribution >= 4 is 29.3 Å². The van der Waals surface area contributed by atoms with E-state index in [2.05, 4.69) is 0 Å². The van der Waals surface area contributed by atoms with Crippen LogP contribution in [0.3, 0.4) is 0 Å². The monoisotopic (exact) mass is 244 g/mol. The van der Waals surface area contributed by atoms with Crippen molar-refractivity contribution in [2.75, 3.05) is 12.4 Å². The van der Waals surface area contributed by atoms with Gasteiger partial charge in [0.05, 0.1) is 12.4 Å². The molecular formula is C11H13ClO2S. The Balaban J connectivity index is 2.32. The first-order chi connectivity index (χ1) is 7.24. The Hall–Kier alpha value is -0.670. The Kier molecular flexibility index (Phi) is 5.58. The van der Waals surface area contributed by atoms with Gasteiger partial charge in [-0.05, 0) is 18.6 Å². The van der Waals surface area contributed by atoms with Crippen molar-refractivity contribution in [2.24, 2.45) is 0 Å². The molecule has 4 heteroatoms. The molecule has 0 saturated heterocycles. The number of ether oxygens (including phenoxy) is 1. The Morgan fingerprint density at radius 1 is 1.47 bits per heavy atom. The second-order valence-electron chi connectivity index (χ2n) is 2.89. The van der Waals surface area contributed by atoms with Gasteiger partial charge in [0.1, 0.15) is 0 Å². The molecule has 1 rings (SSSR count). The van der Waals surface area contributed by atoms with Crippen molar-refractivity contribution in [3.8, 4) is 0 Å². The summed E-state index contributed by atoms with van der Waals surface area (Å²) < 4.78 is 4.82. The van der Waals surface area contributed by atoms with Crippen molar-refractivity contribution in [1.29, 1.82) is 0 Å². The fraction of sp³-hybridized carbons (Fsp3) is 0.364. The number of carbonyl (C=O) groups is 1. The number of hydrogen-bond donors (Lipinski definition) is 0. The Morgan fingerprint density at radius 2 is 2.20 bits per heavy atom. The third-order valence-corrected chi connectivity index (χ3v) is 3.06. The number of carbonyl (C=O) groups excluding carboxylic acids is 1. The van der Waals surface area contributed by atoms with Crippen LogP contribution in [0.2, 0.25) is 5.02 Å². The highest BCUT2D eigenvalue weighted by atomic mass is 35.5. The smallest absolute Gasteiger partial charge is 0.315 e. The molecule has 0 aliphatic carbocycles. The van der Waals surface area contributed by atoms with Crippen molar-refractivity contribution in [3.05, 3.63) is 34.9 Å². The molecule has 0 aromatic heterocycles. The maximum Gasteiger partial charge on any atom is 0.315 e. The summed E-state index contributed by atoms with van der Waals surface area (Å²) in [6, 6.07) is 7.64. The summed E-state index contributed by atoms with van der Waals surface area (Å²) >= 11 is 7.48. The van der Waals surface area contributed by atoms with Gasteiger partial charge >= 0.3 is 5.97 Å². The number of thioether (sulfide) groups is 1. The van der Waals surface area contributed by atoms with Crippen LogP contribution in [-0.2, 0) is 15.3 Å². The molecule has 0 fully saturated rings. The first-order valence-electron chi connectivity index (χ1n) is 4.70. The summed E-state index contributed by atoms with van der Waals surface area (Å²) in [4.78, 5) is 11.0. The summed E-state index contributed by atoms with van der Waals surface area (Å²) in [5, 5.41) is 0.744. The molecule has 0 heterocycles. The largest absolute Gasteiger partial charge is 0.465 e. The standard InChI is InChI=1S/C11H13ClO2S/c1-2-14-11(13)8-15-7-9-5-3-4-6-10(9)12/h3-6H,2,7-8H2,1H3. The molecular weight excluding hydrogens is 232 g/mol. The van der Waals surface area contributed by atoms with Crippen LogP contribution < -0.4 is 0 Å². The minimum Gasteiger partial charge on any atom is -0.465 e. The SMILES string of the molecule is CCOC(=O)CSCc1ccccc1Cl. The van der Waals surface area contributed by atoms with Crippen LogP contribution in [0.4, 0.5) is 0 Å². The van der Waals surface area contributed by atoms with E-state index >= 15 is 0 Å². The zero-order valence-corrected chi connectivity index (χ0v) is 10.1. The topological polar surface area (TPSA) is 26.3 Å². The number of benzene rings is 1. The van der Waals surface area contributed by atoms with Crippen LogP contribution in [0.1, 0.15) is 12.5 Å². The molecule has 2 nitrogen and oxygen atoms in total. The normalized spacial score (nSPS) is 10.0. The molecule has 0 N–H and O–H groups in total. The molecule has 15 heavy (non-hydrogen) atoms. The van der Waals surface area contributed by atoms with Crippen molar-refractivity contribution in [1.82, 2.24) is 0 Å². The summed E-state index contributed by atoms with van der Waals surface area (Å²) in [7, 11) is 0. The lowest BCUT2D eigenvalue weighted by molar-refractivity contribution is -0.139. The fourth-order valence-corrected chi connectivity index (χ4v) is 2.17. The van der Waals surface area contributed by atoms with E-state index in [4.69, 9.17) is 16.3 Å². The maximum absolute atomic E-state index is 11.0. The Morgan fingerprint density at radius 3 is 2.87 bits per heavy atom. The second-order valence-corrected chi connectivity index (χ2v) is 4.28. The van der Waals surface area contributed by atoms with E-state index in [9.17, 15) is 4.79 Å². The van der Waals surface area contributed by atoms with Crippen LogP contribution >= 0.6 is 23.4 Å². The molecule has 82 valence electrons. The molecule has 0 amide bonds. The molecule has 0 saturated carbocycles. The highest BCUT2D eigenvalue weighted by molar-refractivity contribution is 7.99. The van der Waals surface area contributed by atoms with E-state index in [0.29, 0.717) is 12.4 Å². The van der Waals surface area contributed by atoms with Gasteiger partial charge in [0.2, 0.25) is 0 Å². The predicted molar refractivity (Wildman–Crippen MR) is 64.2 cm³/mol. The summed E-state index contributed by atoms with van der Waals surface area (Å²) in [6.07, 6.45) is 0. The fourth-order valence-electron chi connectivity index (χ4n) is 1.06. The minimum atomic E-state index is -0.172. The van der Waals surface area contributed by atoms with Gasteiger partial charge in [-0.2, -0.15) is 0 Å². The van der Waals surface area contributed by atoms with Gasteiger partial charge in [-0.3, -0.25) is 4.79 Å². The minimum absolute atomic E-state index is 0.172. The Bertz CT molecular complexity index is 328. The van der Waals surface area contributed by atoms with E-state index in [1.807, 2.05) is 24.3 Å². The van der Waals surface area contributed by atoms with Gasteiger partial charge in [0.15, 0.2) is 0 Å². The molecule has 0 bridgehead atoms. The predicted octanol–water partition coefficient (Wildman–Crippen LogP) is 3.14. The van der Waals surface area contributed by atoms with E-state index < -0.39 is 0 Å². The quantitative estimate of drug-likeness (QED) is 0.745. The van der Waals surface area contributed by atoms with Crippen LogP contribution in [0.15, 0.2) is 24.3 Å². The first-order valence-corrected chi connectivity index (χ1v) is 6.24. The van der Waals surface area contributed by atoms with E-state index in [0.717, 1.165) is 16.3 Å². The average molecular weight is 245 g/mol. The molecule has 0 atom stereocenters. The lowest BCUT2D eigenvalue weighted by Gasteiger charge is -2.03. The van der Waals surface area contributed by atoms with Crippen molar-refractivity contribution in [3.63, 3.8) is 0 Å². The molecule has 1 aromatic rings. The average Bonchev–Trinajstić information content (AvgIpc) is 2.21. The van der Waals surface area contributed by atoms with Gasteiger partial charge in [-0.25, -0.2) is 0 Å². The molecule has 0 aliphatic heterocycles. The zero-order chi connectivity index (χ0) is 11.1. The molecule has 1 aromatic carbocycles. The highest BCUT2D eigenvalue weighted by Gasteiger charge is 2.03. The van der Waals surface area contributed by atoms with Crippen LogP contribution in [0, 0.1) is 0 Å². The van der Waals surface area contributed by atoms with Gasteiger partial charge < -0.3 is 4.74 Å². The van der Waals surface area contributed by atoms with Crippen molar-refractivity contribution < 1.29 is 9.53 Å². The van der Waals surface area contributed by atoms with Crippen LogP contribution in [-0.4, -0.2) is 18.3 Å². The van der Waals surface area contributed by atoms with Gasteiger partial charge in [-0.15, -0.1) is 11.8 Å². The highest BCUT2D eigenvalue weighted by Crippen LogP contribution is 2.20. The van der Waals surface area contributed by atoms with E-state index in [-0.39, 0.29) is 5.97 Å². The van der Waals surface area contributed by atoms with E-state index in [1.54, 1.807) is 6.92 Å². The summed E-state index contributed by atoms with van der Waals surface area (Å²) in [5.41, 5.74) is 1.05. The number of hydrogen-bond acceptors (Lipinski definition) is 3. The lowest BCUT2D eigenvalue weighted by Crippen LogP contribution is -2.06. The Labute approximate surface area is 99.0 Å². The maximum atomic E-state index is 11.0. The first kappa shape index (κ1) is 12.4. The zero-order valence-electron chi connectivity index (χ0n) is 8.53. The van der Waals surface area contributed by atoms with Gasteiger partial charge in [0.25, 0.3) is 0 Å². The van der Waals surface area contributed by atoms with Gasteiger partial charge in [-0.1, -0.05) is 29.8 Å².